The molecule has 25 heavy (non-hydrogen) atoms. The molecule has 1 N–H and O–H groups in total. The Morgan fingerprint density at radius 1 is 1.12 bits per heavy atom. The number of alkyl halides is 3. The van der Waals surface area contributed by atoms with E-state index in [0.717, 1.165) is 25.5 Å². The van der Waals surface area contributed by atoms with Gasteiger partial charge in [-0.3, -0.25) is 4.68 Å². The van der Waals surface area contributed by atoms with Crippen LogP contribution in [0.3, 0.4) is 0 Å². The summed E-state index contributed by atoms with van der Waals surface area (Å²) in [5.74, 6) is -1.64. The van der Waals surface area contributed by atoms with Gasteiger partial charge in [-0.15, -0.1) is 0 Å². The number of carboxylic acid groups (broad SMARTS) is 1. The molecule has 5 nitrogen and oxygen atoms in total. The van der Waals surface area contributed by atoms with E-state index in [4.69, 9.17) is 9.84 Å². The topological polar surface area (TPSA) is 64.4 Å². The molecule has 1 rings (SSSR count). The van der Waals surface area contributed by atoms with Gasteiger partial charge in [0, 0.05) is 6.61 Å². The van der Waals surface area contributed by atoms with Gasteiger partial charge in [0.2, 0.25) is 0 Å². The maximum absolute atomic E-state index is 13.0. The highest BCUT2D eigenvalue weighted by molar-refractivity contribution is 5.88. The standard InChI is InChI=1S/C17H27F3N2O3/c1-2-3-4-5-6-7-8-9-11-25-12-10-22-15(17(18,19)20)14(13-21-22)16(23)24/h13H,2-12H2,1H3,(H,23,24). The molecule has 0 saturated heterocycles. The van der Waals surface area contributed by atoms with Crippen LogP contribution < -0.4 is 0 Å². The van der Waals surface area contributed by atoms with Crippen LogP contribution in [0.5, 0.6) is 0 Å². The third-order valence-corrected chi connectivity index (χ3v) is 3.93. The largest absolute Gasteiger partial charge is 0.478 e. The molecule has 1 aromatic rings. The first-order valence-electron chi connectivity index (χ1n) is 8.82. The van der Waals surface area contributed by atoms with E-state index in [-0.39, 0.29) is 13.2 Å². The molecule has 0 fully saturated rings. The summed E-state index contributed by atoms with van der Waals surface area (Å²) < 4.78 is 44.9. The van der Waals surface area contributed by atoms with Gasteiger partial charge in [0.15, 0.2) is 5.69 Å². The maximum Gasteiger partial charge on any atom is 0.433 e. The van der Waals surface area contributed by atoms with E-state index in [1.807, 2.05) is 0 Å². The van der Waals surface area contributed by atoms with Crippen molar-refractivity contribution in [2.75, 3.05) is 13.2 Å². The van der Waals surface area contributed by atoms with Crippen LogP contribution >= 0.6 is 0 Å². The number of unbranched alkanes of at least 4 members (excludes halogenated alkanes) is 7. The molecule has 1 aromatic heterocycles. The van der Waals surface area contributed by atoms with Gasteiger partial charge in [-0.2, -0.15) is 18.3 Å². The fourth-order valence-corrected chi connectivity index (χ4v) is 2.60. The minimum Gasteiger partial charge on any atom is -0.478 e. The zero-order valence-electron chi connectivity index (χ0n) is 14.6. The Balaban J connectivity index is 2.23. The molecule has 0 aliphatic carbocycles. The van der Waals surface area contributed by atoms with E-state index < -0.39 is 23.4 Å². The Kier molecular flexibility index (Phi) is 9.55. The van der Waals surface area contributed by atoms with E-state index in [9.17, 15) is 18.0 Å². The Morgan fingerprint density at radius 3 is 2.28 bits per heavy atom. The highest BCUT2D eigenvalue weighted by Gasteiger charge is 2.40. The number of hydrogen-bond donors (Lipinski definition) is 1. The fourth-order valence-electron chi connectivity index (χ4n) is 2.60. The van der Waals surface area contributed by atoms with Gasteiger partial charge in [0.1, 0.15) is 5.56 Å². The predicted molar refractivity (Wildman–Crippen MR) is 87.6 cm³/mol. The Labute approximate surface area is 146 Å². The molecule has 0 amide bonds. The number of carbonyl (C=O) groups is 1. The van der Waals surface area contributed by atoms with Crippen LogP contribution in [0.4, 0.5) is 13.2 Å². The van der Waals surface area contributed by atoms with Gasteiger partial charge < -0.3 is 9.84 Å². The number of rotatable bonds is 13. The Morgan fingerprint density at radius 2 is 1.72 bits per heavy atom. The summed E-state index contributed by atoms with van der Waals surface area (Å²) in [4.78, 5) is 10.9. The number of hydrogen-bond acceptors (Lipinski definition) is 3. The lowest BCUT2D eigenvalue weighted by molar-refractivity contribution is -0.145. The first-order chi connectivity index (χ1) is 11.9. The van der Waals surface area contributed by atoms with Crippen molar-refractivity contribution in [3.05, 3.63) is 17.5 Å². The molecule has 0 unspecified atom stereocenters. The van der Waals surface area contributed by atoms with E-state index in [1.54, 1.807) is 0 Å². The first kappa shape index (κ1) is 21.5. The molecule has 8 heteroatoms. The lowest BCUT2D eigenvalue weighted by Gasteiger charge is -2.11. The van der Waals surface area contributed by atoms with Crippen LogP contribution in [0.2, 0.25) is 0 Å². The van der Waals surface area contributed by atoms with Crippen molar-refractivity contribution in [2.45, 2.75) is 71.0 Å². The van der Waals surface area contributed by atoms with Crippen molar-refractivity contribution < 1.29 is 27.8 Å². The number of carboxylic acids is 1. The van der Waals surface area contributed by atoms with Crippen molar-refractivity contribution in [1.29, 1.82) is 0 Å². The van der Waals surface area contributed by atoms with Crippen molar-refractivity contribution in [2.24, 2.45) is 0 Å². The van der Waals surface area contributed by atoms with Crippen LogP contribution in [0.15, 0.2) is 6.20 Å². The summed E-state index contributed by atoms with van der Waals surface area (Å²) in [5, 5.41) is 12.3. The number of aromatic nitrogens is 2. The van der Waals surface area contributed by atoms with Crippen LogP contribution in [0.25, 0.3) is 0 Å². The highest BCUT2D eigenvalue weighted by atomic mass is 19.4. The minimum atomic E-state index is -4.76. The highest BCUT2D eigenvalue weighted by Crippen LogP contribution is 2.31. The molecule has 0 aromatic carbocycles. The van der Waals surface area contributed by atoms with Gasteiger partial charge >= 0.3 is 12.1 Å². The number of halogens is 3. The van der Waals surface area contributed by atoms with E-state index in [2.05, 4.69) is 12.0 Å². The van der Waals surface area contributed by atoms with Crippen LogP contribution in [0.1, 0.15) is 74.3 Å². The van der Waals surface area contributed by atoms with Gasteiger partial charge in [0.05, 0.1) is 19.3 Å². The Bertz CT molecular complexity index is 516. The maximum atomic E-state index is 13.0. The number of ether oxygens (including phenoxy) is 1. The second kappa shape index (κ2) is 11.1. The monoisotopic (exact) mass is 364 g/mol. The SMILES string of the molecule is CCCCCCCCCCOCCn1ncc(C(=O)O)c1C(F)(F)F. The van der Waals surface area contributed by atoms with E-state index >= 15 is 0 Å². The molecule has 0 bridgehead atoms. The molecule has 0 aliphatic heterocycles. The van der Waals surface area contributed by atoms with Crippen LogP contribution in [-0.4, -0.2) is 34.1 Å². The Hall–Kier alpha value is -1.57. The van der Waals surface area contributed by atoms with Gasteiger partial charge in [-0.1, -0.05) is 51.9 Å². The zero-order chi connectivity index (χ0) is 18.7. The lowest BCUT2D eigenvalue weighted by atomic mass is 10.1. The second-order valence-corrected chi connectivity index (χ2v) is 6.02. The van der Waals surface area contributed by atoms with Crippen molar-refractivity contribution in [3.63, 3.8) is 0 Å². The first-order valence-corrected chi connectivity index (χ1v) is 8.82. The van der Waals surface area contributed by atoms with Crippen molar-refractivity contribution >= 4 is 5.97 Å². The average Bonchev–Trinajstić information content (AvgIpc) is 2.97. The minimum absolute atomic E-state index is 0.0698. The molecule has 0 atom stereocenters. The van der Waals surface area contributed by atoms with Crippen molar-refractivity contribution in [3.8, 4) is 0 Å². The van der Waals surface area contributed by atoms with Crippen LogP contribution in [-0.2, 0) is 17.5 Å². The average molecular weight is 364 g/mol. The molecule has 1 heterocycles. The van der Waals surface area contributed by atoms with Crippen molar-refractivity contribution in [1.82, 2.24) is 9.78 Å². The molecule has 0 spiro atoms. The second-order valence-electron chi connectivity index (χ2n) is 6.02. The summed E-state index contributed by atoms with van der Waals surface area (Å²) >= 11 is 0. The zero-order valence-corrected chi connectivity index (χ0v) is 14.6. The van der Waals surface area contributed by atoms with E-state index in [1.165, 1.54) is 32.1 Å². The smallest absolute Gasteiger partial charge is 0.433 e. The molecule has 0 saturated carbocycles. The third kappa shape index (κ3) is 7.90. The van der Waals surface area contributed by atoms with E-state index in [0.29, 0.717) is 11.3 Å². The summed E-state index contributed by atoms with van der Waals surface area (Å²) in [7, 11) is 0. The fraction of sp³-hybridized carbons (Fsp3) is 0.765. The third-order valence-electron chi connectivity index (χ3n) is 3.93. The van der Waals surface area contributed by atoms with Gasteiger partial charge in [0.25, 0.3) is 0 Å². The molecular formula is C17H27F3N2O3. The molecule has 0 radical (unpaired) electrons. The molecule has 0 aliphatic rings. The quantitative estimate of drug-likeness (QED) is 0.513. The molecule has 144 valence electrons. The van der Waals surface area contributed by atoms with Gasteiger partial charge in [-0.05, 0) is 6.42 Å². The summed E-state index contributed by atoms with van der Waals surface area (Å²) in [6.45, 7) is 2.61. The summed E-state index contributed by atoms with van der Waals surface area (Å²) in [6.07, 6.45) is 5.27. The van der Waals surface area contributed by atoms with Crippen LogP contribution in [0, 0.1) is 0 Å². The summed E-state index contributed by atoms with van der Waals surface area (Å²) in [5.41, 5.74) is -2.08. The lowest BCUT2D eigenvalue weighted by Crippen LogP contribution is -2.20. The summed E-state index contributed by atoms with van der Waals surface area (Å²) in [6, 6.07) is 0. The molecular weight excluding hydrogens is 337 g/mol. The number of nitrogens with zero attached hydrogens (tertiary/aromatic N) is 2. The normalized spacial score (nSPS) is 11.8. The van der Waals surface area contributed by atoms with Gasteiger partial charge in [-0.25, -0.2) is 4.79 Å². The number of aromatic carboxylic acids is 1. The predicted octanol–water partition coefficient (Wildman–Crippen LogP) is 4.76.